The van der Waals surface area contributed by atoms with Gasteiger partial charge in [0.15, 0.2) is 0 Å². The van der Waals surface area contributed by atoms with Crippen LogP contribution in [0.1, 0.15) is 12.0 Å². The summed E-state index contributed by atoms with van der Waals surface area (Å²) >= 11 is 0. The summed E-state index contributed by atoms with van der Waals surface area (Å²) < 4.78 is 26.6. The number of carbonyl (C=O) groups is 1. The molecule has 1 saturated heterocycles. The Morgan fingerprint density at radius 1 is 1.17 bits per heavy atom. The van der Waals surface area contributed by atoms with E-state index in [0.29, 0.717) is 0 Å². The van der Waals surface area contributed by atoms with Crippen LogP contribution in [-0.2, 0) is 6.54 Å². The number of nitrogens with zero attached hydrogens (tertiary/aromatic N) is 1. The third-order valence-electron chi connectivity index (χ3n) is 4.03. The largest absolute Gasteiger partial charge is 0.334 e. The van der Waals surface area contributed by atoms with Crippen LogP contribution in [0.4, 0.5) is 19.3 Å². The van der Waals surface area contributed by atoms with Gasteiger partial charge in [-0.2, -0.15) is 0 Å². The fourth-order valence-corrected chi connectivity index (χ4v) is 2.87. The third-order valence-corrected chi connectivity index (χ3v) is 4.03. The van der Waals surface area contributed by atoms with E-state index < -0.39 is 17.7 Å². The van der Waals surface area contributed by atoms with Crippen molar-refractivity contribution in [2.45, 2.75) is 19.0 Å². The smallest absolute Gasteiger partial charge is 0.319 e. The fraction of sp³-hybridized carbons (Fsp3) is 0.278. The van der Waals surface area contributed by atoms with Crippen molar-refractivity contribution in [1.82, 2.24) is 10.2 Å². The second-order valence-corrected chi connectivity index (χ2v) is 5.93. The van der Waals surface area contributed by atoms with Crippen LogP contribution >= 0.6 is 0 Å². The van der Waals surface area contributed by atoms with Crippen LogP contribution in [0.25, 0.3) is 0 Å². The summed E-state index contributed by atoms with van der Waals surface area (Å²) in [6.07, 6.45) is 0.825. The minimum absolute atomic E-state index is 0.00895. The van der Waals surface area contributed by atoms with E-state index in [0.717, 1.165) is 44.3 Å². The van der Waals surface area contributed by atoms with Crippen molar-refractivity contribution < 1.29 is 13.6 Å². The SMILES string of the molecule is O=C(Nc1cc(F)ccc1F)NC1CCN(Cc2ccccc2)C1. The van der Waals surface area contributed by atoms with Gasteiger partial charge in [-0.3, -0.25) is 4.90 Å². The molecule has 0 spiro atoms. The van der Waals surface area contributed by atoms with Crippen molar-refractivity contribution in [2.75, 3.05) is 18.4 Å². The van der Waals surface area contributed by atoms with Gasteiger partial charge in [0, 0.05) is 31.7 Å². The average molecular weight is 331 g/mol. The maximum absolute atomic E-state index is 13.5. The Morgan fingerprint density at radius 2 is 1.96 bits per heavy atom. The van der Waals surface area contributed by atoms with Gasteiger partial charge in [0.05, 0.1) is 5.69 Å². The number of rotatable bonds is 4. The van der Waals surface area contributed by atoms with Gasteiger partial charge in [-0.1, -0.05) is 30.3 Å². The van der Waals surface area contributed by atoms with Crippen molar-refractivity contribution in [3.63, 3.8) is 0 Å². The summed E-state index contributed by atoms with van der Waals surface area (Å²) in [7, 11) is 0. The summed E-state index contributed by atoms with van der Waals surface area (Å²) in [4.78, 5) is 14.2. The van der Waals surface area contributed by atoms with E-state index in [1.54, 1.807) is 0 Å². The molecule has 2 N–H and O–H groups in total. The molecule has 1 heterocycles. The van der Waals surface area contributed by atoms with Crippen LogP contribution in [0, 0.1) is 11.6 Å². The first kappa shape index (κ1) is 16.4. The molecule has 0 saturated carbocycles. The molecule has 1 aliphatic heterocycles. The number of benzene rings is 2. The molecular weight excluding hydrogens is 312 g/mol. The monoisotopic (exact) mass is 331 g/mol. The number of urea groups is 1. The second kappa shape index (κ2) is 7.40. The molecule has 0 aliphatic carbocycles. The van der Waals surface area contributed by atoms with Crippen molar-refractivity contribution in [1.29, 1.82) is 0 Å². The zero-order chi connectivity index (χ0) is 16.9. The van der Waals surface area contributed by atoms with E-state index in [4.69, 9.17) is 0 Å². The Bertz CT molecular complexity index is 709. The molecule has 0 aromatic heterocycles. The van der Waals surface area contributed by atoms with Crippen molar-refractivity contribution >= 4 is 11.7 Å². The van der Waals surface area contributed by atoms with Gasteiger partial charge in [0.25, 0.3) is 0 Å². The molecule has 2 aromatic rings. The lowest BCUT2D eigenvalue weighted by Crippen LogP contribution is -2.39. The molecule has 0 radical (unpaired) electrons. The number of hydrogen-bond acceptors (Lipinski definition) is 2. The van der Waals surface area contributed by atoms with Gasteiger partial charge in [0.2, 0.25) is 0 Å². The highest BCUT2D eigenvalue weighted by Gasteiger charge is 2.24. The lowest BCUT2D eigenvalue weighted by atomic mass is 10.2. The van der Waals surface area contributed by atoms with Gasteiger partial charge in [0.1, 0.15) is 11.6 Å². The molecule has 1 atom stereocenters. The summed E-state index contributed by atoms with van der Waals surface area (Å²) in [5, 5.41) is 5.17. The van der Waals surface area contributed by atoms with E-state index in [-0.39, 0.29) is 11.7 Å². The lowest BCUT2D eigenvalue weighted by molar-refractivity contribution is 0.247. The molecule has 6 heteroatoms. The molecule has 1 unspecified atom stereocenters. The second-order valence-electron chi connectivity index (χ2n) is 5.93. The maximum Gasteiger partial charge on any atom is 0.319 e. The molecule has 126 valence electrons. The normalized spacial score (nSPS) is 17.7. The first-order valence-corrected chi connectivity index (χ1v) is 7.89. The van der Waals surface area contributed by atoms with E-state index >= 15 is 0 Å². The zero-order valence-electron chi connectivity index (χ0n) is 13.1. The van der Waals surface area contributed by atoms with Crippen molar-refractivity contribution in [3.8, 4) is 0 Å². The number of likely N-dealkylation sites (tertiary alicyclic amines) is 1. The highest BCUT2D eigenvalue weighted by molar-refractivity contribution is 5.89. The van der Waals surface area contributed by atoms with Gasteiger partial charge in [-0.25, -0.2) is 13.6 Å². The zero-order valence-corrected chi connectivity index (χ0v) is 13.1. The number of anilines is 1. The number of amides is 2. The summed E-state index contributed by atoms with van der Waals surface area (Å²) in [5.74, 6) is -1.26. The topological polar surface area (TPSA) is 44.4 Å². The van der Waals surface area contributed by atoms with Gasteiger partial charge in [-0.15, -0.1) is 0 Å². The van der Waals surface area contributed by atoms with E-state index in [1.807, 2.05) is 18.2 Å². The number of nitrogens with one attached hydrogen (secondary N) is 2. The Labute approximate surface area is 139 Å². The van der Waals surface area contributed by atoms with Crippen molar-refractivity contribution in [2.24, 2.45) is 0 Å². The first-order valence-electron chi connectivity index (χ1n) is 7.89. The number of carbonyl (C=O) groups excluding carboxylic acids is 1. The van der Waals surface area contributed by atoms with Crippen LogP contribution in [0.5, 0.6) is 0 Å². The molecule has 24 heavy (non-hydrogen) atoms. The fourth-order valence-electron chi connectivity index (χ4n) is 2.87. The molecule has 0 bridgehead atoms. The van der Waals surface area contributed by atoms with Crippen LogP contribution in [0.2, 0.25) is 0 Å². The Morgan fingerprint density at radius 3 is 2.75 bits per heavy atom. The van der Waals surface area contributed by atoms with Gasteiger partial charge >= 0.3 is 6.03 Å². The predicted molar refractivity (Wildman–Crippen MR) is 88.6 cm³/mol. The van der Waals surface area contributed by atoms with E-state index in [2.05, 4.69) is 27.7 Å². The molecule has 1 aliphatic rings. The Kier molecular flexibility index (Phi) is 5.05. The molecule has 4 nitrogen and oxygen atoms in total. The quantitative estimate of drug-likeness (QED) is 0.902. The molecular formula is C18H19F2N3O. The number of hydrogen-bond donors (Lipinski definition) is 2. The van der Waals surface area contributed by atoms with E-state index in [9.17, 15) is 13.6 Å². The summed E-state index contributed by atoms with van der Waals surface area (Å²) in [6.45, 7) is 2.45. The highest BCUT2D eigenvalue weighted by Crippen LogP contribution is 2.16. The molecule has 2 aromatic carbocycles. The number of halogens is 2. The third kappa shape index (κ3) is 4.29. The van der Waals surface area contributed by atoms with Gasteiger partial charge < -0.3 is 10.6 Å². The van der Waals surface area contributed by atoms with E-state index in [1.165, 1.54) is 5.56 Å². The highest BCUT2D eigenvalue weighted by atomic mass is 19.1. The standard InChI is InChI=1S/C18H19F2N3O/c19-14-6-7-16(20)17(10-14)22-18(24)21-15-8-9-23(12-15)11-13-4-2-1-3-5-13/h1-7,10,15H,8-9,11-12H2,(H2,21,22,24). The minimum Gasteiger partial charge on any atom is -0.334 e. The molecule has 1 fully saturated rings. The van der Waals surface area contributed by atoms with Gasteiger partial charge in [-0.05, 0) is 24.1 Å². The van der Waals surface area contributed by atoms with Crippen LogP contribution < -0.4 is 10.6 Å². The average Bonchev–Trinajstić information content (AvgIpc) is 2.98. The Balaban J connectivity index is 1.50. The summed E-state index contributed by atoms with van der Waals surface area (Å²) in [5.41, 5.74) is 1.07. The Hall–Kier alpha value is -2.47. The minimum atomic E-state index is -0.663. The lowest BCUT2D eigenvalue weighted by Gasteiger charge is -2.17. The van der Waals surface area contributed by atoms with Crippen molar-refractivity contribution in [3.05, 3.63) is 65.7 Å². The summed E-state index contributed by atoms with van der Waals surface area (Å²) in [6, 6.07) is 12.6. The van der Waals surface area contributed by atoms with Crippen LogP contribution in [-0.4, -0.2) is 30.1 Å². The molecule has 3 rings (SSSR count). The first-order chi connectivity index (χ1) is 11.6. The molecule has 2 amide bonds. The van der Waals surface area contributed by atoms with Crippen LogP contribution in [0.15, 0.2) is 48.5 Å². The predicted octanol–water partition coefficient (Wildman–Crippen LogP) is 3.36. The maximum atomic E-state index is 13.5. The van der Waals surface area contributed by atoms with Crippen LogP contribution in [0.3, 0.4) is 0 Å².